The third kappa shape index (κ3) is 14.2. The number of nitrogens with zero attached hydrogens (tertiary/aromatic N) is 6. The van der Waals surface area contributed by atoms with Crippen LogP contribution in [0.4, 0.5) is 22.2 Å². The Hall–Kier alpha value is -6.69. The molecule has 0 bridgehead atoms. The number of fused-ring (bicyclic) bond motifs is 1. The molecule has 2 saturated heterocycles. The molecule has 7 rings (SSSR count). The highest BCUT2D eigenvalue weighted by Crippen LogP contribution is 2.31. The van der Waals surface area contributed by atoms with Gasteiger partial charge in [0.05, 0.1) is 37.6 Å². The molecule has 0 saturated carbocycles. The summed E-state index contributed by atoms with van der Waals surface area (Å²) < 4.78 is 24.5. The van der Waals surface area contributed by atoms with Gasteiger partial charge < -0.3 is 65.4 Å². The molecule has 4 aromatic rings. The molecule has 2 aromatic heterocycles. The van der Waals surface area contributed by atoms with Gasteiger partial charge in [0.15, 0.2) is 5.82 Å². The summed E-state index contributed by atoms with van der Waals surface area (Å²) in [5.41, 5.74) is 11.9. The monoisotopic (exact) mass is 984 g/mol. The van der Waals surface area contributed by atoms with Crippen LogP contribution in [0.1, 0.15) is 61.3 Å². The maximum absolute atomic E-state index is 13.3. The molecule has 22 heteroatoms. The fraction of sp³-hybridized carbons (Fsp3) is 0.490. The number of piperazine rings is 1. The predicted octanol–water partition coefficient (Wildman–Crippen LogP) is 2.02. The van der Waals surface area contributed by atoms with E-state index in [-0.39, 0.29) is 75.7 Å². The van der Waals surface area contributed by atoms with Gasteiger partial charge in [-0.05, 0) is 53.8 Å². The van der Waals surface area contributed by atoms with Crippen molar-refractivity contribution in [2.45, 2.75) is 90.2 Å². The van der Waals surface area contributed by atoms with E-state index in [1.54, 1.807) is 11.0 Å². The van der Waals surface area contributed by atoms with E-state index in [1.165, 1.54) is 29.8 Å². The molecule has 382 valence electrons. The number of aliphatic hydroxyl groups is 3. The van der Waals surface area contributed by atoms with Crippen molar-refractivity contribution < 1.29 is 58.2 Å². The smallest absolute Gasteiger partial charge is 0.410 e. The van der Waals surface area contributed by atoms with Crippen LogP contribution in [0.25, 0.3) is 11.0 Å². The molecule has 0 spiro atoms. The van der Waals surface area contributed by atoms with Crippen LogP contribution < -0.4 is 26.4 Å². The van der Waals surface area contributed by atoms with Crippen molar-refractivity contribution >= 4 is 58.2 Å². The molecule has 5 amide bonds. The number of unbranched alkanes of at least 4 members (excludes halogenated alkanes) is 2. The SMILES string of the molecule is CCCCCNc1nc(N)nc2ccn(Cc3ccc(CN4CCN(C(=O)OCc5ccc(O[C@@H]6OC[C@@H](O)[C@H](O)[C@H]6O)c(NC(=O)CCNC(=O)CCOCCN6C(=O)C=CC6=O)c5)CC4)cc3C)c12. The number of carbonyl (C=O) groups excluding carboxylic acids is 5. The molecule has 0 aliphatic carbocycles. The summed E-state index contributed by atoms with van der Waals surface area (Å²) in [6.07, 6.45) is 1.17. The Morgan fingerprint density at radius 3 is 2.41 bits per heavy atom. The lowest BCUT2D eigenvalue weighted by Gasteiger charge is -2.35. The topological polar surface area (TPSA) is 285 Å². The van der Waals surface area contributed by atoms with E-state index in [9.17, 15) is 39.3 Å². The van der Waals surface area contributed by atoms with Gasteiger partial charge in [0.1, 0.15) is 36.2 Å². The number of ether oxygens (including phenoxy) is 4. The maximum Gasteiger partial charge on any atom is 0.410 e. The molecule has 0 unspecified atom stereocenters. The number of nitrogens with one attached hydrogen (secondary N) is 3. The van der Waals surface area contributed by atoms with E-state index in [2.05, 4.69) is 67.4 Å². The number of rotatable bonds is 23. The number of nitrogen functional groups attached to an aromatic ring is 1. The Kier molecular flexibility index (Phi) is 18.3. The van der Waals surface area contributed by atoms with Gasteiger partial charge in [0.2, 0.25) is 24.1 Å². The molecule has 22 nitrogen and oxygen atoms in total. The van der Waals surface area contributed by atoms with Crippen molar-refractivity contribution in [2.75, 3.05) is 82.0 Å². The van der Waals surface area contributed by atoms with Crippen LogP contribution in [0.2, 0.25) is 0 Å². The summed E-state index contributed by atoms with van der Waals surface area (Å²) in [4.78, 5) is 76.0. The van der Waals surface area contributed by atoms with Gasteiger partial charge in [-0.2, -0.15) is 4.98 Å². The molecule has 5 heterocycles. The van der Waals surface area contributed by atoms with Gasteiger partial charge in [-0.1, -0.05) is 44.0 Å². The second kappa shape index (κ2) is 24.9. The molecule has 2 aromatic carbocycles. The Bertz CT molecular complexity index is 2530. The number of anilines is 3. The number of carbonyl (C=O) groups is 5. The molecule has 4 atom stereocenters. The molecule has 8 N–H and O–H groups in total. The van der Waals surface area contributed by atoms with Crippen molar-refractivity contribution in [3.8, 4) is 5.75 Å². The van der Waals surface area contributed by atoms with Crippen LogP contribution in [0.3, 0.4) is 0 Å². The number of hydrogen-bond donors (Lipinski definition) is 7. The number of aromatic nitrogens is 3. The average molecular weight is 985 g/mol. The predicted molar refractivity (Wildman–Crippen MR) is 260 cm³/mol. The first-order valence-corrected chi connectivity index (χ1v) is 24.0. The zero-order valence-electron chi connectivity index (χ0n) is 40.1. The minimum Gasteiger partial charge on any atom is -0.460 e. The highest BCUT2D eigenvalue weighted by molar-refractivity contribution is 6.12. The molecule has 0 radical (unpaired) electrons. The minimum absolute atomic E-state index is 0.0177. The van der Waals surface area contributed by atoms with E-state index < -0.39 is 48.4 Å². The lowest BCUT2D eigenvalue weighted by atomic mass is 10.0. The fourth-order valence-electron chi connectivity index (χ4n) is 8.33. The summed E-state index contributed by atoms with van der Waals surface area (Å²) in [6.45, 7) is 8.35. The van der Waals surface area contributed by atoms with E-state index in [4.69, 9.17) is 24.7 Å². The summed E-state index contributed by atoms with van der Waals surface area (Å²) in [5, 5.41) is 39.5. The van der Waals surface area contributed by atoms with Gasteiger partial charge in [-0.25, -0.2) is 9.78 Å². The summed E-state index contributed by atoms with van der Waals surface area (Å²) in [6, 6.07) is 13.1. The lowest BCUT2D eigenvalue weighted by molar-refractivity contribution is -0.241. The highest BCUT2D eigenvalue weighted by atomic mass is 16.7. The Labute approximate surface area is 411 Å². The molecule has 71 heavy (non-hydrogen) atoms. The third-order valence-corrected chi connectivity index (χ3v) is 12.4. The fourth-order valence-corrected chi connectivity index (χ4v) is 8.33. The molecular formula is C49H64N10O12. The Morgan fingerprint density at radius 2 is 1.65 bits per heavy atom. The minimum atomic E-state index is -1.61. The lowest BCUT2D eigenvalue weighted by Crippen LogP contribution is -2.54. The summed E-state index contributed by atoms with van der Waals surface area (Å²) in [7, 11) is 0. The molecule has 3 aliphatic heterocycles. The first kappa shape index (κ1) is 52.1. The largest absolute Gasteiger partial charge is 0.460 e. The van der Waals surface area contributed by atoms with Crippen LogP contribution in [0.15, 0.2) is 60.8 Å². The van der Waals surface area contributed by atoms with E-state index in [0.717, 1.165) is 65.2 Å². The van der Waals surface area contributed by atoms with Crippen molar-refractivity contribution in [1.82, 2.24) is 34.6 Å². The van der Waals surface area contributed by atoms with Crippen molar-refractivity contribution in [3.63, 3.8) is 0 Å². The Morgan fingerprint density at radius 1 is 0.873 bits per heavy atom. The van der Waals surface area contributed by atoms with Crippen molar-refractivity contribution in [2.24, 2.45) is 0 Å². The first-order chi connectivity index (χ1) is 34.3. The van der Waals surface area contributed by atoms with E-state index >= 15 is 0 Å². The van der Waals surface area contributed by atoms with E-state index in [1.807, 2.05) is 12.3 Å². The molecular weight excluding hydrogens is 921 g/mol. The van der Waals surface area contributed by atoms with Gasteiger partial charge in [0.25, 0.3) is 11.8 Å². The van der Waals surface area contributed by atoms with Gasteiger partial charge in [-0.3, -0.25) is 29.0 Å². The van der Waals surface area contributed by atoms with Crippen LogP contribution >= 0.6 is 0 Å². The standard InChI is InChI=1S/C49H64N10O12/c1-3-4-5-15-52-46-43-35(54-48(50)55-46)13-17-58(43)28-34-8-6-32(25-31(34)2)27-56-18-20-57(21-19-56)49(67)70-29-33-7-9-38(71-47-45(66)44(65)37(60)30-69-47)36(26-33)53-40(62)12-16-51-39(61)14-23-68-24-22-59-41(63)10-11-42(59)64/h6-11,13,17,25-26,37,44-45,47,60,65-66H,3-5,12,14-16,18-24,27-30H2,1-2H3,(H,51,61)(H,53,62)(H3,50,52,54,55)/t37-,44+,45-,47+/m1/s1. The quantitative estimate of drug-likeness (QED) is 0.0413. The second-order valence-corrected chi connectivity index (χ2v) is 17.7. The van der Waals surface area contributed by atoms with Crippen LogP contribution in [-0.2, 0) is 53.1 Å². The average Bonchev–Trinajstić information content (AvgIpc) is 3.91. The number of aryl methyl sites for hydroxylation is 1. The summed E-state index contributed by atoms with van der Waals surface area (Å²) in [5.74, 6) is -0.689. The number of hydrogen-bond acceptors (Lipinski definition) is 17. The van der Waals surface area contributed by atoms with Crippen LogP contribution in [0, 0.1) is 6.92 Å². The second-order valence-electron chi connectivity index (χ2n) is 17.7. The Balaban J connectivity index is 0.876. The van der Waals surface area contributed by atoms with Gasteiger partial charge in [-0.15, -0.1) is 0 Å². The molecule has 2 fully saturated rings. The number of amides is 5. The number of aliphatic hydroxyl groups excluding tert-OH is 3. The molecule has 3 aliphatic rings. The van der Waals surface area contributed by atoms with Crippen molar-refractivity contribution in [1.29, 1.82) is 0 Å². The van der Waals surface area contributed by atoms with Gasteiger partial charge in [0, 0.05) is 83.5 Å². The van der Waals surface area contributed by atoms with Gasteiger partial charge >= 0.3 is 6.09 Å². The number of nitrogens with two attached hydrogens (primary N) is 1. The zero-order valence-corrected chi connectivity index (χ0v) is 40.1. The van der Waals surface area contributed by atoms with E-state index in [0.29, 0.717) is 38.3 Å². The highest BCUT2D eigenvalue weighted by Gasteiger charge is 2.39. The first-order valence-electron chi connectivity index (χ1n) is 24.0. The third-order valence-electron chi connectivity index (χ3n) is 12.4. The maximum atomic E-state index is 13.3. The number of imide groups is 1. The number of benzene rings is 2. The zero-order chi connectivity index (χ0) is 50.4. The normalized spacial score (nSPS) is 19.3. The van der Waals surface area contributed by atoms with Crippen LogP contribution in [0.5, 0.6) is 5.75 Å². The van der Waals surface area contributed by atoms with Crippen LogP contribution in [-0.4, -0.2) is 165 Å². The summed E-state index contributed by atoms with van der Waals surface area (Å²) >= 11 is 0. The van der Waals surface area contributed by atoms with Crippen molar-refractivity contribution in [3.05, 3.63) is 83.1 Å².